The highest BCUT2D eigenvalue weighted by molar-refractivity contribution is 7.85. The number of carbonyl (C=O) groups excluding carboxylic acids is 1. The quantitative estimate of drug-likeness (QED) is 0.758. The third kappa shape index (κ3) is 5.67. The van der Waals surface area contributed by atoms with Crippen molar-refractivity contribution in [3.8, 4) is 0 Å². The lowest BCUT2D eigenvalue weighted by Gasteiger charge is -2.39. The Morgan fingerprint density at radius 3 is 2.17 bits per heavy atom. The Kier molecular flexibility index (Phi) is 7.45. The lowest BCUT2D eigenvalue weighted by Crippen LogP contribution is -2.52. The molecule has 1 aliphatic rings. The van der Waals surface area contributed by atoms with Gasteiger partial charge in [-0.05, 0) is 43.3 Å². The molecule has 3 rings (SSSR count). The molecule has 1 fully saturated rings. The van der Waals surface area contributed by atoms with Gasteiger partial charge < -0.3 is 10.2 Å². The Morgan fingerprint density at radius 1 is 0.966 bits per heavy atom. The first kappa shape index (κ1) is 21.5. The summed E-state index contributed by atoms with van der Waals surface area (Å²) in [5.41, 5.74) is 1.88. The van der Waals surface area contributed by atoms with Gasteiger partial charge >= 0.3 is 0 Å². The SMILES string of the molecule is CC(C)[S@](=O)c1ccc(C(=O)NC[C@@H](C)N2CCN(c3ccccc3)CC2)cc1. The molecule has 29 heavy (non-hydrogen) atoms. The van der Waals surface area contributed by atoms with Crippen molar-refractivity contribution in [3.05, 3.63) is 60.2 Å². The standard InChI is InChI=1S/C23H31N3O2S/c1-18(2)29(28)22-11-9-20(10-12-22)23(27)24-17-19(3)25-13-15-26(16-14-25)21-7-5-4-6-8-21/h4-12,18-19H,13-17H2,1-3H3,(H,24,27)/t19-,29+/m1/s1. The maximum absolute atomic E-state index is 12.5. The average molecular weight is 414 g/mol. The molecule has 156 valence electrons. The number of nitrogens with zero attached hydrogens (tertiary/aromatic N) is 2. The molecule has 2 atom stereocenters. The van der Waals surface area contributed by atoms with E-state index >= 15 is 0 Å². The number of rotatable bonds is 7. The summed E-state index contributed by atoms with van der Waals surface area (Å²) in [4.78, 5) is 18.1. The number of hydrogen-bond donors (Lipinski definition) is 1. The van der Waals surface area contributed by atoms with Crippen LogP contribution in [0.3, 0.4) is 0 Å². The van der Waals surface area contributed by atoms with Gasteiger partial charge in [0.1, 0.15) is 0 Å². The van der Waals surface area contributed by atoms with Crippen LogP contribution < -0.4 is 10.2 Å². The summed E-state index contributed by atoms with van der Waals surface area (Å²) in [6.07, 6.45) is 0. The largest absolute Gasteiger partial charge is 0.369 e. The Labute approximate surface area is 176 Å². The number of piperazine rings is 1. The van der Waals surface area contributed by atoms with E-state index in [0.717, 1.165) is 31.1 Å². The molecule has 1 heterocycles. The molecule has 5 nitrogen and oxygen atoms in total. The number of amides is 1. The number of anilines is 1. The van der Waals surface area contributed by atoms with Crippen molar-refractivity contribution in [2.45, 2.75) is 37.0 Å². The number of nitrogens with one attached hydrogen (secondary N) is 1. The fourth-order valence-electron chi connectivity index (χ4n) is 3.54. The molecule has 0 aliphatic carbocycles. The molecular weight excluding hydrogens is 382 g/mol. The van der Waals surface area contributed by atoms with E-state index in [1.807, 2.05) is 19.9 Å². The fraction of sp³-hybridized carbons (Fsp3) is 0.435. The van der Waals surface area contributed by atoms with Crippen LogP contribution in [0.2, 0.25) is 0 Å². The molecule has 1 aliphatic heterocycles. The van der Waals surface area contributed by atoms with Crippen LogP contribution in [-0.2, 0) is 10.8 Å². The molecular formula is C23H31N3O2S. The number of benzene rings is 2. The first-order valence-electron chi connectivity index (χ1n) is 10.3. The van der Waals surface area contributed by atoms with Gasteiger partial charge in [0.2, 0.25) is 0 Å². The van der Waals surface area contributed by atoms with E-state index in [-0.39, 0.29) is 17.2 Å². The molecule has 2 aromatic rings. The van der Waals surface area contributed by atoms with E-state index in [9.17, 15) is 9.00 Å². The molecule has 1 saturated heterocycles. The van der Waals surface area contributed by atoms with Crippen molar-refractivity contribution < 1.29 is 9.00 Å². The van der Waals surface area contributed by atoms with Crippen LogP contribution in [0.5, 0.6) is 0 Å². The highest BCUT2D eigenvalue weighted by Crippen LogP contribution is 2.17. The predicted molar refractivity (Wildman–Crippen MR) is 120 cm³/mol. The lowest BCUT2D eigenvalue weighted by atomic mass is 10.2. The molecule has 0 radical (unpaired) electrons. The van der Waals surface area contributed by atoms with Gasteiger partial charge in [-0.3, -0.25) is 13.9 Å². The highest BCUT2D eigenvalue weighted by Gasteiger charge is 2.21. The average Bonchev–Trinajstić information content (AvgIpc) is 2.77. The van der Waals surface area contributed by atoms with Gasteiger partial charge in [-0.2, -0.15) is 0 Å². The monoisotopic (exact) mass is 413 g/mol. The second-order valence-corrected chi connectivity index (χ2v) is 9.80. The van der Waals surface area contributed by atoms with Crippen LogP contribution >= 0.6 is 0 Å². The smallest absolute Gasteiger partial charge is 0.251 e. The van der Waals surface area contributed by atoms with Gasteiger partial charge in [0.15, 0.2) is 0 Å². The van der Waals surface area contributed by atoms with Crippen molar-refractivity contribution in [1.82, 2.24) is 10.2 Å². The second kappa shape index (κ2) is 10.0. The molecule has 0 bridgehead atoms. The molecule has 0 saturated carbocycles. The maximum Gasteiger partial charge on any atom is 0.251 e. The zero-order valence-corrected chi connectivity index (χ0v) is 18.3. The van der Waals surface area contributed by atoms with E-state index in [0.29, 0.717) is 12.1 Å². The summed E-state index contributed by atoms with van der Waals surface area (Å²) >= 11 is 0. The zero-order valence-electron chi connectivity index (χ0n) is 17.5. The number of para-hydroxylation sites is 1. The van der Waals surface area contributed by atoms with E-state index < -0.39 is 10.8 Å². The van der Waals surface area contributed by atoms with Crippen molar-refractivity contribution in [2.75, 3.05) is 37.6 Å². The van der Waals surface area contributed by atoms with E-state index in [2.05, 4.69) is 46.3 Å². The molecule has 1 N–H and O–H groups in total. The van der Waals surface area contributed by atoms with E-state index in [4.69, 9.17) is 0 Å². The Morgan fingerprint density at radius 2 is 1.59 bits per heavy atom. The summed E-state index contributed by atoms with van der Waals surface area (Å²) in [5.74, 6) is -0.0818. The minimum Gasteiger partial charge on any atom is -0.369 e. The van der Waals surface area contributed by atoms with E-state index in [1.54, 1.807) is 24.3 Å². The molecule has 2 aromatic carbocycles. The van der Waals surface area contributed by atoms with Crippen LogP contribution in [0.4, 0.5) is 5.69 Å². The van der Waals surface area contributed by atoms with Crippen LogP contribution in [0.15, 0.2) is 59.5 Å². The van der Waals surface area contributed by atoms with Crippen molar-refractivity contribution in [3.63, 3.8) is 0 Å². The second-order valence-electron chi connectivity index (χ2n) is 7.79. The third-order valence-corrected chi connectivity index (χ3v) is 6.99. The number of carbonyl (C=O) groups is 1. The first-order chi connectivity index (χ1) is 14.0. The molecule has 0 aromatic heterocycles. The van der Waals surface area contributed by atoms with E-state index in [1.165, 1.54) is 5.69 Å². The first-order valence-corrected chi connectivity index (χ1v) is 11.5. The van der Waals surface area contributed by atoms with Crippen molar-refractivity contribution in [1.29, 1.82) is 0 Å². The minimum absolute atomic E-state index is 0.0675. The maximum atomic E-state index is 12.5. The zero-order chi connectivity index (χ0) is 20.8. The topological polar surface area (TPSA) is 52.7 Å². The lowest BCUT2D eigenvalue weighted by molar-refractivity contribution is 0.0934. The minimum atomic E-state index is -1.03. The van der Waals surface area contributed by atoms with Gasteiger partial charge in [-0.1, -0.05) is 32.0 Å². The summed E-state index contributed by atoms with van der Waals surface area (Å²) in [6.45, 7) is 10.6. The predicted octanol–water partition coefficient (Wildman–Crippen LogP) is 3.14. The third-order valence-electron chi connectivity index (χ3n) is 5.39. The fourth-order valence-corrected chi connectivity index (χ4v) is 4.49. The highest BCUT2D eigenvalue weighted by atomic mass is 32.2. The Hall–Kier alpha value is -2.18. The van der Waals surface area contributed by atoms with Gasteiger partial charge in [0.05, 0.1) is 10.8 Å². The van der Waals surface area contributed by atoms with Crippen LogP contribution in [-0.4, -0.2) is 59.0 Å². The van der Waals surface area contributed by atoms with Gasteiger partial charge in [-0.25, -0.2) is 0 Å². The summed E-state index contributed by atoms with van der Waals surface area (Å²) in [5, 5.41) is 3.11. The summed E-state index contributed by atoms with van der Waals surface area (Å²) in [6, 6.07) is 17.9. The molecule has 6 heteroatoms. The summed E-state index contributed by atoms with van der Waals surface area (Å²) in [7, 11) is -1.03. The van der Waals surface area contributed by atoms with Crippen molar-refractivity contribution >= 4 is 22.4 Å². The van der Waals surface area contributed by atoms with Gasteiger partial charge in [-0.15, -0.1) is 0 Å². The normalized spacial score (nSPS) is 17.2. The van der Waals surface area contributed by atoms with Gasteiger partial charge in [0, 0.05) is 60.2 Å². The van der Waals surface area contributed by atoms with Crippen LogP contribution in [0.1, 0.15) is 31.1 Å². The molecule has 0 unspecified atom stereocenters. The summed E-state index contributed by atoms with van der Waals surface area (Å²) < 4.78 is 12.1. The van der Waals surface area contributed by atoms with Crippen LogP contribution in [0, 0.1) is 0 Å². The van der Waals surface area contributed by atoms with Crippen molar-refractivity contribution in [2.24, 2.45) is 0 Å². The molecule has 1 amide bonds. The Balaban J connectivity index is 1.46. The number of hydrogen-bond acceptors (Lipinski definition) is 4. The van der Waals surface area contributed by atoms with Gasteiger partial charge in [0.25, 0.3) is 5.91 Å². The Bertz CT molecular complexity index is 816. The van der Waals surface area contributed by atoms with Crippen LogP contribution in [0.25, 0.3) is 0 Å². The molecule has 0 spiro atoms.